The Morgan fingerprint density at radius 3 is 2.58 bits per heavy atom. The molecule has 3 rings (SSSR count). The molecule has 0 spiro atoms. The summed E-state index contributed by atoms with van der Waals surface area (Å²) >= 11 is 0. The molecule has 10 heteroatoms. The Kier molecular flexibility index (Phi) is 5.49. The van der Waals surface area contributed by atoms with Gasteiger partial charge in [0.05, 0.1) is 19.1 Å². The molecule has 0 bridgehead atoms. The lowest BCUT2D eigenvalue weighted by atomic mass is 9.96. The van der Waals surface area contributed by atoms with E-state index in [0.717, 1.165) is 16.9 Å². The third kappa shape index (κ3) is 4.35. The predicted molar refractivity (Wildman–Crippen MR) is 83.9 cm³/mol. The molecular weight excluding hydrogens is 353 g/mol. The Hall–Kier alpha value is -2.10. The summed E-state index contributed by atoms with van der Waals surface area (Å²) in [4.78, 5) is 28.3. The third-order valence-electron chi connectivity index (χ3n) is 4.67. The van der Waals surface area contributed by atoms with Crippen LogP contribution in [0, 0.1) is 5.92 Å². The van der Waals surface area contributed by atoms with E-state index >= 15 is 0 Å². The minimum absolute atomic E-state index is 0.0178. The third-order valence-corrected chi connectivity index (χ3v) is 4.67. The lowest BCUT2D eigenvalue weighted by Crippen LogP contribution is -2.50. The molecule has 144 valence electrons. The van der Waals surface area contributed by atoms with Gasteiger partial charge < -0.3 is 14.5 Å². The molecule has 0 saturated carbocycles. The number of alkyl halides is 3. The quantitative estimate of drug-likeness (QED) is 0.792. The van der Waals surface area contributed by atoms with E-state index in [4.69, 9.17) is 4.74 Å². The smallest absolute Gasteiger partial charge is 0.378 e. The maximum absolute atomic E-state index is 12.6. The molecule has 2 fully saturated rings. The SMILES string of the molecule is O=C(Cn1ccc(C(F)(F)F)n1)N1CCCC(C(=O)N2CCOCC2)C1. The second-order valence-corrected chi connectivity index (χ2v) is 6.51. The number of hydrogen-bond acceptors (Lipinski definition) is 4. The van der Waals surface area contributed by atoms with Crippen molar-refractivity contribution in [3.05, 3.63) is 18.0 Å². The van der Waals surface area contributed by atoms with Crippen LogP contribution in [0.5, 0.6) is 0 Å². The first kappa shape index (κ1) is 18.7. The normalized spacial score (nSPS) is 21.7. The van der Waals surface area contributed by atoms with Crippen LogP contribution in [0.4, 0.5) is 13.2 Å². The Morgan fingerprint density at radius 1 is 1.19 bits per heavy atom. The number of nitrogens with zero attached hydrogens (tertiary/aromatic N) is 4. The number of morpholine rings is 1. The lowest BCUT2D eigenvalue weighted by molar-refractivity contribution is -0.145. The van der Waals surface area contributed by atoms with Gasteiger partial charge >= 0.3 is 6.18 Å². The number of ether oxygens (including phenoxy) is 1. The largest absolute Gasteiger partial charge is 0.435 e. The standard InChI is InChI=1S/C16H21F3N4O3/c17-16(18,19)13-3-5-23(20-13)11-14(24)22-4-1-2-12(10-22)15(25)21-6-8-26-9-7-21/h3,5,12H,1-2,4,6-11H2. The van der Waals surface area contributed by atoms with Gasteiger partial charge in [-0.25, -0.2) is 0 Å². The second kappa shape index (κ2) is 7.65. The molecule has 0 aromatic carbocycles. The molecule has 2 amide bonds. The van der Waals surface area contributed by atoms with Crippen LogP contribution in [-0.4, -0.2) is 70.8 Å². The zero-order valence-electron chi connectivity index (χ0n) is 14.2. The van der Waals surface area contributed by atoms with Crippen LogP contribution in [0.3, 0.4) is 0 Å². The molecule has 2 saturated heterocycles. The van der Waals surface area contributed by atoms with Gasteiger partial charge in [-0.15, -0.1) is 0 Å². The second-order valence-electron chi connectivity index (χ2n) is 6.51. The maximum atomic E-state index is 12.6. The Balaban J connectivity index is 1.57. The molecule has 1 unspecified atom stereocenters. The average Bonchev–Trinajstić information content (AvgIpc) is 3.11. The molecule has 26 heavy (non-hydrogen) atoms. The average molecular weight is 374 g/mol. The minimum Gasteiger partial charge on any atom is -0.378 e. The van der Waals surface area contributed by atoms with Gasteiger partial charge in [0.25, 0.3) is 0 Å². The van der Waals surface area contributed by atoms with E-state index in [1.54, 1.807) is 9.80 Å². The van der Waals surface area contributed by atoms with Crippen molar-refractivity contribution in [2.75, 3.05) is 39.4 Å². The Bertz CT molecular complexity index is 655. The van der Waals surface area contributed by atoms with Crippen molar-refractivity contribution in [2.45, 2.75) is 25.6 Å². The van der Waals surface area contributed by atoms with Crippen LogP contribution in [0.2, 0.25) is 0 Å². The maximum Gasteiger partial charge on any atom is 0.435 e. The van der Waals surface area contributed by atoms with E-state index < -0.39 is 11.9 Å². The van der Waals surface area contributed by atoms with Crippen LogP contribution >= 0.6 is 0 Å². The summed E-state index contributed by atoms with van der Waals surface area (Å²) in [6, 6.07) is 0.842. The van der Waals surface area contributed by atoms with E-state index in [1.165, 1.54) is 0 Å². The van der Waals surface area contributed by atoms with Gasteiger partial charge in [-0.2, -0.15) is 18.3 Å². The molecule has 0 N–H and O–H groups in total. The number of carbonyl (C=O) groups excluding carboxylic acids is 2. The van der Waals surface area contributed by atoms with Crippen molar-refractivity contribution < 1.29 is 27.5 Å². The van der Waals surface area contributed by atoms with Crippen molar-refractivity contribution in [1.29, 1.82) is 0 Å². The fraction of sp³-hybridized carbons (Fsp3) is 0.688. The first-order valence-corrected chi connectivity index (χ1v) is 8.59. The van der Waals surface area contributed by atoms with Crippen molar-refractivity contribution in [3.63, 3.8) is 0 Å². The summed E-state index contributed by atoms with van der Waals surface area (Å²) in [5.41, 5.74) is -1.02. The van der Waals surface area contributed by atoms with Crippen molar-refractivity contribution in [3.8, 4) is 0 Å². The number of halogens is 3. The highest BCUT2D eigenvalue weighted by Crippen LogP contribution is 2.27. The monoisotopic (exact) mass is 374 g/mol. The minimum atomic E-state index is -4.53. The molecule has 1 atom stereocenters. The number of rotatable bonds is 3. The lowest BCUT2D eigenvalue weighted by Gasteiger charge is -2.36. The van der Waals surface area contributed by atoms with Gasteiger partial charge in [-0.05, 0) is 18.9 Å². The number of amides is 2. The van der Waals surface area contributed by atoms with Gasteiger partial charge in [0.2, 0.25) is 11.8 Å². The number of carbonyl (C=O) groups is 2. The van der Waals surface area contributed by atoms with Gasteiger partial charge in [0.1, 0.15) is 6.54 Å². The van der Waals surface area contributed by atoms with Crippen molar-refractivity contribution >= 4 is 11.8 Å². The van der Waals surface area contributed by atoms with E-state index in [1.807, 2.05) is 0 Å². The van der Waals surface area contributed by atoms with E-state index in [2.05, 4.69) is 5.10 Å². The van der Waals surface area contributed by atoms with Crippen LogP contribution in [0.1, 0.15) is 18.5 Å². The summed E-state index contributed by atoms with van der Waals surface area (Å²) in [7, 11) is 0. The van der Waals surface area contributed by atoms with Crippen LogP contribution in [0.25, 0.3) is 0 Å². The molecule has 0 radical (unpaired) electrons. The highest BCUT2D eigenvalue weighted by molar-refractivity contribution is 5.81. The molecule has 2 aliphatic heterocycles. The summed E-state index contributed by atoms with van der Waals surface area (Å²) in [6.07, 6.45) is -1.99. The summed E-state index contributed by atoms with van der Waals surface area (Å²) in [5.74, 6) is -0.584. The molecule has 7 nitrogen and oxygen atoms in total. The number of aromatic nitrogens is 2. The molecule has 1 aromatic heterocycles. The van der Waals surface area contributed by atoms with Gasteiger partial charge in [0, 0.05) is 32.4 Å². The van der Waals surface area contributed by atoms with Crippen molar-refractivity contribution in [2.24, 2.45) is 5.92 Å². The Morgan fingerprint density at radius 2 is 1.92 bits per heavy atom. The van der Waals surface area contributed by atoms with Crippen molar-refractivity contribution in [1.82, 2.24) is 19.6 Å². The fourth-order valence-electron chi connectivity index (χ4n) is 3.29. The van der Waals surface area contributed by atoms with Crippen LogP contribution in [-0.2, 0) is 27.0 Å². The van der Waals surface area contributed by atoms with Gasteiger partial charge in [-0.3, -0.25) is 14.3 Å². The predicted octanol–water partition coefficient (Wildman–Crippen LogP) is 0.999. The van der Waals surface area contributed by atoms with E-state index in [0.29, 0.717) is 52.2 Å². The topological polar surface area (TPSA) is 67.7 Å². The van der Waals surface area contributed by atoms with Gasteiger partial charge in [-0.1, -0.05) is 0 Å². The zero-order valence-corrected chi connectivity index (χ0v) is 14.2. The van der Waals surface area contributed by atoms with E-state index in [9.17, 15) is 22.8 Å². The highest BCUT2D eigenvalue weighted by atomic mass is 19.4. The number of hydrogen-bond donors (Lipinski definition) is 0. The molecule has 1 aromatic rings. The molecule has 3 heterocycles. The van der Waals surface area contributed by atoms with Crippen LogP contribution < -0.4 is 0 Å². The summed E-state index contributed by atoms with van der Waals surface area (Å²) in [5, 5.41) is 3.40. The number of piperidine rings is 1. The fourth-order valence-corrected chi connectivity index (χ4v) is 3.29. The zero-order chi connectivity index (χ0) is 18.7. The molecular formula is C16H21F3N4O3. The summed E-state index contributed by atoms with van der Waals surface area (Å²) < 4.78 is 44.0. The molecule has 0 aliphatic carbocycles. The highest BCUT2D eigenvalue weighted by Gasteiger charge is 2.34. The Labute approximate surface area is 148 Å². The molecule has 2 aliphatic rings. The van der Waals surface area contributed by atoms with Crippen LogP contribution in [0.15, 0.2) is 12.3 Å². The first-order valence-electron chi connectivity index (χ1n) is 8.59. The number of likely N-dealkylation sites (tertiary alicyclic amines) is 1. The first-order chi connectivity index (χ1) is 12.3. The van der Waals surface area contributed by atoms with Gasteiger partial charge in [0.15, 0.2) is 5.69 Å². The summed E-state index contributed by atoms with van der Waals surface area (Å²) in [6.45, 7) is 2.66. The van der Waals surface area contributed by atoms with E-state index in [-0.39, 0.29) is 24.3 Å².